The van der Waals surface area contributed by atoms with E-state index in [9.17, 15) is 4.79 Å². The van der Waals surface area contributed by atoms with Gasteiger partial charge in [0, 0.05) is 17.4 Å². The highest BCUT2D eigenvalue weighted by Gasteiger charge is 2.10. The zero-order chi connectivity index (χ0) is 11.5. The third-order valence-electron chi connectivity index (χ3n) is 2.21. The maximum absolute atomic E-state index is 11.0. The molecule has 1 aromatic heterocycles. The van der Waals surface area contributed by atoms with E-state index in [1.807, 2.05) is 0 Å². The van der Waals surface area contributed by atoms with Crippen molar-refractivity contribution in [3.05, 3.63) is 53.3 Å². The summed E-state index contributed by atoms with van der Waals surface area (Å²) in [4.78, 5) is 14.8. The largest absolute Gasteiger partial charge is 0.478 e. The number of carbonyl (C=O) groups is 1. The van der Waals surface area contributed by atoms with Gasteiger partial charge >= 0.3 is 5.97 Å². The molecule has 0 aliphatic rings. The molecule has 0 saturated heterocycles. The van der Waals surface area contributed by atoms with Gasteiger partial charge in [0.25, 0.3) is 0 Å². The molecule has 2 aromatic rings. The van der Waals surface area contributed by atoms with E-state index in [2.05, 4.69) is 4.98 Å². The van der Waals surface area contributed by atoms with Crippen molar-refractivity contribution >= 4 is 17.6 Å². The Morgan fingerprint density at radius 1 is 1.19 bits per heavy atom. The van der Waals surface area contributed by atoms with Crippen LogP contribution in [-0.4, -0.2) is 16.1 Å². The van der Waals surface area contributed by atoms with Gasteiger partial charge in [0.1, 0.15) is 0 Å². The third-order valence-corrected chi connectivity index (χ3v) is 2.46. The van der Waals surface area contributed by atoms with Gasteiger partial charge in [-0.1, -0.05) is 23.7 Å². The molecule has 0 radical (unpaired) electrons. The molecule has 0 amide bonds. The van der Waals surface area contributed by atoms with Crippen LogP contribution in [0.5, 0.6) is 0 Å². The van der Waals surface area contributed by atoms with Gasteiger partial charge in [0.05, 0.1) is 5.56 Å². The number of benzene rings is 1. The van der Waals surface area contributed by atoms with Crippen molar-refractivity contribution < 1.29 is 9.90 Å². The summed E-state index contributed by atoms with van der Waals surface area (Å²) >= 11 is 5.77. The predicted molar refractivity (Wildman–Crippen MR) is 61.6 cm³/mol. The molecular weight excluding hydrogens is 226 g/mol. The van der Waals surface area contributed by atoms with Gasteiger partial charge in [-0.25, -0.2) is 4.79 Å². The molecule has 0 atom stereocenters. The van der Waals surface area contributed by atoms with Crippen molar-refractivity contribution in [1.82, 2.24) is 4.98 Å². The molecule has 2 rings (SSSR count). The predicted octanol–water partition coefficient (Wildman–Crippen LogP) is 3.10. The number of aromatic nitrogens is 1. The standard InChI is InChI=1S/C12H8ClNO2/c13-9-3-1-8(2-4-9)10-5-6-14-7-11(10)12(15)16/h1-7H,(H,15,16). The van der Waals surface area contributed by atoms with E-state index >= 15 is 0 Å². The number of aromatic carboxylic acids is 1. The van der Waals surface area contributed by atoms with Crippen LogP contribution in [-0.2, 0) is 0 Å². The second-order valence-corrected chi connectivity index (χ2v) is 3.67. The van der Waals surface area contributed by atoms with Crippen LogP contribution in [0, 0.1) is 0 Å². The molecule has 1 N–H and O–H groups in total. The molecular formula is C12H8ClNO2. The minimum absolute atomic E-state index is 0.185. The summed E-state index contributed by atoms with van der Waals surface area (Å²) in [7, 11) is 0. The molecule has 80 valence electrons. The smallest absolute Gasteiger partial charge is 0.337 e. The van der Waals surface area contributed by atoms with Crippen LogP contribution in [0.15, 0.2) is 42.7 Å². The molecule has 0 fully saturated rings. The van der Waals surface area contributed by atoms with Crippen molar-refractivity contribution in [2.45, 2.75) is 0 Å². The number of carboxylic acids is 1. The summed E-state index contributed by atoms with van der Waals surface area (Å²) in [5.74, 6) is -0.988. The van der Waals surface area contributed by atoms with Crippen molar-refractivity contribution in [2.24, 2.45) is 0 Å². The van der Waals surface area contributed by atoms with E-state index in [0.717, 1.165) is 5.56 Å². The molecule has 0 aliphatic carbocycles. The van der Waals surface area contributed by atoms with E-state index in [1.165, 1.54) is 6.20 Å². The zero-order valence-corrected chi connectivity index (χ0v) is 8.98. The highest BCUT2D eigenvalue weighted by molar-refractivity contribution is 6.30. The zero-order valence-electron chi connectivity index (χ0n) is 8.22. The average Bonchev–Trinajstić information content (AvgIpc) is 2.30. The molecule has 1 aromatic carbocycles. The van der Waals surface area contributed by atoms with Crippen LogP contribution in [0.3, 0.4) is 0 Å². The lowest BCUT2D eigenvalue weighted by Crippen LogP contribution is -1.99. The Labute approximate surface area is 97.3 Å². The topological polar surface area (TPSA) is 50.2 Å². The number of hydrogen-bond acceptors (Lipinski definition) is 2. The highest BCUT2D eigenvalue weighted by Crippen LogP contribution is 2.24. The quantitative estimate of drug-likeness (QED) is 0.867. The van der Waals surface area contributed by atoms with Crippen LogP contribution in [0.1, 0.15) is 10.4 Å². The first kappa shape index (κ1) is 10.6. The SMILES string of the molecule is O=C(O)c1cnccc1-c1ccc(Cl)cc1. The van der Waals surface area contributed by atoms with Gasteiger partial charge in [0.2, 0.25) is 0 Å². The van der Waals surface area contributed by atoms with Gasteiger partial charge < -0.3 is 5.11 Å². The minimum atomic E-state index is -0.988. The number of nitrogens with zero attached hydrogens (tertiary/aromatic N) is 1. The molecule has 0 bridgehead atoms. The van der Waals surface area contributed by atoms with Crippen LogP contribution < -0.4 is 0 Å². The number of rotatable bonds is 2. The lowest BCUT2D eigenvalue weighted by atomic mass is 10.0. The molecule has 0 aliphatic heterocycles. The van der Waals surface area contributed by atoms with Crippen LogP contribution in [0.2, 0.25) is 5.02 Å². The molecule has 1 heterocycles. The fourth-order valence-corrected chi connectivity index (χ4v) is 1.57. The van der Waals surface area contributed by atoms with Crippen molar-refractivity contribution in [3.8, 4) is 11.1 Å². The lowest BCUT2D eigenvalue weighted by Gasteiger charge is -2.05. The summed E-state index contributed by atoms with van der Waals surface area (Å²) < 4.78 is 0. The number of pyridine rings is 1. The second kappa shape index (κ2) is 4.33. The Kier molecular flexibility index (Phi) is 2.88. The van der Waals surface area contributed by atoms with Crippen molar-refractivity contribution in [3.63, 3.8) is 0 Å². The Balaban J connectivity index is 2.55. The Morgan fingerprint density at radius 3 is 2.50 bits per heavy atom. The lowest BCUT2D eigenvalue weighted by molar-refractivity contribution is 0.0697. The van der Waals surface area contributed by atoms with Gasteiger partial charge in [-0.15, -0.1) is 0 Å². The van der Waals surface area contributed by atoms with E-state index in [-0.39, 0.29) is 5.56 Å². The average molecular weight is 234 g/mol. The normalized spacial score (nSPS) is 10.1. The number of hydrogen-bond donors (Lipinski definition) is 1. The first-order chi connectivity index (χ1) is 7.68. The number of carboxylic acid groups (broad SMARTS) is 1. The van der Waals surface area contributed by atoms with Crippen LogP contribution in [0.4, 0.5) is 0 Å². The maximum Gasteiger partial charge on any atom is 0.337 e. The molecule has 16 heavy (non-hydrogen) atoms. The van der Waals surface area contributed by atoms with E-state index in [1.54, 1.807) is 36.5 Å². The van der Waals surface area contributed by atoms with Crippen LogP contribution in [0.25, 0.3) is 11.1 Å². The summed E-state index contributed by atoms with van der Waals surface area (Å²) in [6, 6.07) is 8.69. The monoisotopic (exact) mass is 233 g/mol. The summed E-state index contributed by atoms with van der Waals surface area (Å²) in [5, 5.41) is 9.64. The summed E-state index contributed by atoms with van der Waals surface area (Å²) in [5.41, 5.74) is 1.63. The molecule has 0 unspecified atom stereocenters. The fraction of sp³-hybridized carbons (Fsp3) is 0. The van der Waals surface area contributed by atoms with E-state index < -0.39 is 5.97 Å². The number of halogens is 1. The molecule has 0 saturated carbocycles. The third kappa shape index (κ3) is 2.04. The Hall–Kier alpha value is -1.87. The van der Waals surface area contributed by atoms with Gasteiger partial charge in [0.15, 0.2) is 0 Å². The maximum atomic E-state index is 11.0. The van der Waals surface area contributed by atoms with Crippen molar-refractivity contribution in [1.29, 1.82) is 0 Å². The molecule has 4 heteroatoms. The summed E-state index contributed by atoms with van der Waals surface area (Å²) in [6.07, 6.45) is 2.91. The summed E-state index contributed by atoms with van der Waals surface area (Å²) in [6.45, 7) is 0. The Morgan fingerprint density at radius 2 is 1.88 bits per heavy atom. The Bertz CT molecular complexity index is 523. The first-order valence-corrected chi connectivity index (χ1v) is 4.99. The van der Waals surface area contributed by atoms with Gasteiger partial charge in [-0.05, 0) is 29.3 Å². The van der Waals surface area contributed by atoms with Gasteiger partial charge in [-0.3, -0.25) is 4.98 Å². The van der Waals surface area contributed by atoms with Crippen LogP contribution >= 0.6 is 11.6 Å². The first-order valence-electron chi connectivity index (χ1n) is 4.62. The van der Waals surface area contributed by atoms with Gasteiger partial charge in [-0.2, -0.15) is 0 Å². The molecule has 0 spiro atoms. The fourth-order valence-electron chi connectivity index (χ4n) is 1.45. The minimum Gasteiger partial charge on any atom is -0.478 e. The van der Waals surface area contributed by atoms with E-state index in [4.69, 9.17) is 16.7 Å². The highest BCUT2D eigenvalue weighted by atomic mass is 35.5. The molecule has 3 nitrogen and oxygen atoms in total. The van der Waals surface area contributed by atoms with Crippen molar-refractivity contribution in [2.75, 3.05) is 0 Å². The second-order valence-electron chi connectivity index (χ2n) is 3.23. The van der Waals surface area contributed by atoms with E-state index in [0.29, 0.717) is 10.6 Å².